The minimum atomic E-state index is -0.0939. The molecule has 6 rings (SSSR count). The predicted molar refractivity (Wildman–Crippen MR) is 108 cm³/mol. The van der Waals surface area contributed by atoms with Gasteiger partial charge in [-0.2, -0.15) is 0 Å². The van der Waals surface area contributed by atoms with E-state index in [0.29, 0.717) is 17.7 Å². The Balaban J connectivity index is 1.41. The second-order valence-electron chi connectivity index (χ2n) is 8.06. The summed E-state index contributed by atoms with van der Waals surface area (Å²) in [7, 11) is 0. The lowest BCUT2D eigenvalue weighted by Crippen LogP contribution is -2.64. The molecule has 3 saturated heterocycles. The predicted octanol–water partition coefficient (Wildman–Crippen LogP) is 3.57. The van der Waals surface area contributed by atoms with Crippen LogP contribution < -0.4 is 5.32 Å². The molecule has 2 bridgehead atoms. The number of nitrogens with one attached hydrogen (secondary N) is 1. The first kappa shape index (κ1) is 17.4. The van der Waals surface area contributed by atoms with Gasteiger partial charge in [0.15, 0.2) is 5.76 Å². The SMILES string of the molecule is Cc1c(C(=O)N[C@@H]2C3CCN(CC3)[C@H]2Cc2cccnc2)oc2ccccc12. The van der Waals surface area contributed by atoms with Crippen molar-refractivity contribution >= 4 is 16.9 Å². The minimum absolute atomic E-state index is 0.0939. The van der Waals surface area contributed by atoms with Gasteiger partial charge in [-0.3, -0.25) is 14.7 Å². The van der Waals surface area contributed by atoms with Crippen molar-refractivity contribution in [1.82, 2.24) is 15.2 Å². The standard InChI is InChI=1S/C23H25N3O2/c1-15-18-6-2-3-7-20(18)28-22(15)23(27)25-21-17-8-11-26(12-9-17)19(21)13-16-5-4-10-24-14-16/h2-7,10,14,17,19,21H,8-9,11-13H2,1H3,(H,25,27)/t19-,21+/m0/s1. The molecule has 2 atom stereocenters. The summed E-state index contributed by atoms with van der Waals surface area (Å²) in [4.78, 5) is 19.9. The van der Waals surface area contributed by atoms with E-state index in [9.17, 15) is 4.79 Å². The van der Waals surface area contributed by atoms with Crippen LogP contribution in [-0.4, -0.2) is 41.0 Å². The molecule has 0 spiro atoms. The normalized spacial score (nSPS) is 26.5. The number of piperidine rings is 3. The van der Waals surface area contributed by atoms with Crippen molar-refractivity contribution in [2.24, 2.45) is 5.92 Å². The number of benzene rings is 1. The minimum Gasteiger partial charge on any atom is -0.451 e. The van der Waals surface area contributed by atoms with Crippen LogP contribution in [-0.2, 0) is 6.42 Å². The number of hydrogen-bond acceptors (Lipinski definition) is 4. The Hall–Kier alpha value is -2.66. The summed E-state index contributed by atoms with van der Waals surface area (Å²) in [5.74, 6) is 0.877. The lowest BCUT2D eigenvalue weighted by Gasteiger charge is -2.51. The van der Waals surface area contributed by atoms with Gasteiger partial charge in [0.05, 0.1) is 0 Å². The molecule has 1 N–H and O–H groups in total. The maximum atomic E-state index is 13.1. The van der Waals surface area contributed by atoms with Crippen LogP contribution in [0.25, 0.3) is 11.0 Å². The van der Waals surface area contributed by atoms with Gasteiger partial charge in [-0.15, -0.1) is 0 Å². The summed E-state index contributed by atoms with van der Waals surface area (Å²) in [5, 5.41) is 4.35. The molecular weight excluding hydrogens is 350 g/mol. The van der Waals surface area contributed by atoms with Crippen LogP contribution in [0.15, 0.2) is 53.2 Å². The Morgan fingerprint density at radius 1 is 1.21 bits per heavy atom. The van der Waals surface area contributed by atoms with E-state index >= 15 is 0 Å². The van der Waals surface area contributed by atoms with Gasteiger partial charge in [0.25, 0.3) is 5.91 Å². The number of nitrogens with zero attached hydrogens (tertiary/aromatic N) is 2. The summed E-state index contributed by atoms with van der Waals surface area (Å²) in [5.41, 5.74) is 2.91. The average Bonchev–Trinajstić information content (AvgIpc) is 3.08. The molecule has 0 radical (unpaired) electrons. The number of furan rings is 1. The highest BCUT2D eigenvalue weighted by atomic mass is 16.3. The fraction of sp³-hybridized carbons (Fsp3) is 0.391. The summed E-state index contributed by atoms with van der Waals surface area (Å²) in [6.07, 6.45) is 6.95. The number of aryl methyl sites for hydroxylation is 1. The molecular formula is C23H25N3O2. The van der Waals surface area contributed by atoms with E-state index in [2.05, 4.69) is 21.3 Å². The van der Waals surface area contributed by atoms with Crippen molar-refractivity contribution < 1.29 is 9.21 Å². The van der Waals surface area contributed by atoms with E-state index in [0.717, 1.165) is 48.9 Å². The second-order valence-corrected chi connectivity index (χ2v) is 8.06. The maximum absolute atomic E-state index is 13.1. The van der Waals surface area contributed by atoms with Gasteiger partial charge >= 0.3 is 0 Å². The number of pyridine rings is 1. The number of rotatable bonds is 4. The average molecular weight is 375 g/mol. The van der Waals surface area contributed by atoms with Crippen LogP contribution in [0.2, 0.25) is 0 Å². The van der Waals surface area contributed by atoms with Crippen molar-refractivity contribution in [3.05, 3.63) is 65.7 Å². The molecule has 5 heteroatoms. The van der Waals surface area contributed by atoms with Crippen molar-refractivity contribution in [1.29, 1.82) is 0 Å². The van der Waals surface area contributed by atoms with Crippen LogP contribution in [0.1, 0.15) is 34.5 Å². The number of para-hydroxylation sites is 1. The van der Waals surface area contributed by atoms with Crippen LogP contribution in [0.3, 0.4) is 0 Å². The molecule has 0 unspecified atom stereocenters. The molecule has 5 heterocycles. The van der Waals surface area contributed by atoms with E-state index in [1.807, 2.05) is 43.5 Å². The monoisotopic (exact) mass is 375 g/mol. The Labute approximate surface area is 164 Å². The summed E-state index contributed by atoms with van der Waals surface area (Å²) >= 11 is 0. The van der Waals surface area contributed by atoms with Gasteiger partial charge < -0.3 is 9.73 Å². The van der Waals surface area contributed by atoms with Gasteiger partial charge in [-0.1, -0.05) is 24.3 Å². The number of hydrogen-bond donors (Lipinski definition) is 1. The summed E-state index contributed by atoms with van der Waals surface area (Å²) in [6, 6.07) is 12.4. The van der Waals surface area contributed by atoms with Crippen molar-refractivity contribution in [2.75, 3.05) is 13.1 Å². The largest absolute Gasteiger partial charge is 0.451 e. The summed E-state index contributed by atoms with van der Waals surface area (Å²) in [6.45, 7) is 4.20. The van der Waals surface area contributed by atoms with Gasteiger partial charge in [0.1, 0.15) is 5.58 Å². The molecule has 3 aliphatic heterocycles. The molecule has 2 aromatic heterocycles. The maximum Gasteiger partial charge on any atom is 0.287 e. The lowest BCUT2D eigenvalue weighted by atomic mass is 9.76. The second kappa shape index (κ2) is 7.06. The van der Waals surface area contributed by atoms with E-state index in [-0.39, 0.29) is 11.9 Å². The molecule has 3 aromatic rings. The molecule has 3 aliphatic rings. The third-order valence-corrected chi connectivity index (χ3v) is 6.48. The summed E-state index contributed by atoms with van der Waals surface area (Å²) < 4.78 is 5.90. The number of amides is 1. The van der Waals surface area contributed by atoms with Gasteiger partial charge in [-0.05, 0) is 62.9 Å². The number of fused-ring (bicyclic) bond motifs is 4. The zero-order chi connectivity index (χ0) is 19.1. The molecule has 0 aliphatic carbocycles. The molecule has 1 aromatic carbocycles. The molecule has 5 nitrogen and oxygen atoms in total. The lowest BCUT2D eigenvalue weighted by molar-refractivity contribution is 0.0131. The highest BCUT2D eigenvalue weighted by Crippen LogP contribution is 2.34. The number of aromatic nitrogens is 1. The molecule has 0 saturated carbocycles. The smallest absolute Gasteiger partial charge is 0.287 e. The quantitative estimate of drug-likeness (QED) is 0.757. The highest BCUT2D eigenvalue weighted by Gasteiger charge is 2.43. The van der Waals surface area contributed by atoms with Crippen molar-refractivity contribution in [3.8, 4) is 0 Å². The first-order valence-corrected chi connectivity index (χ1v) is 10.1. The first-order valence-electron chi connectivity index (χ1n) is 10.1. The van der Waals surface area contributed by atoms with Gasteiger partial charge in [-0.25, -0.2) is 0 Å². The van der Waals surface area contributed by atoms with Crippen LogP contribution in [0, 0.1) is 12.8 Å². The topological polar surface area (TPSA) is 58.4 Å². The highest BCUT2D eigenvalue weighted by molar-refractivity contribution is 5.99. The molecule has 28 heavy (non-hydrogen) atoms. The molecule has 1 amide bonds. The van der Waals surface area contributed by atoms with Crippen LogP contribution in [0.5, 0.6) is 0 Å². The fourth-order valence-corrected chi connectivity index (χ4v) is 4.99. The van der Waals surface area contributed by atoms with E-state index in [1.54, 1.807) is 6.20 Å². The molecule has 3 fully saturated rings. The molecule has 144 valence electrons. The van der Waals surface area contributed by atoms with Gasteiger partial charge in [0, 0.05) is 35.4 Å². The third-order valence-electron chi connectivity index (χ3n) is 6.48. The Bertz CT molecular complexity index is 990. The van der Waals surface area contributed by atoms with E-state index < -0.39 is 0 Å². The van der Waals surface area contributed by atoms with Crippen LogP contribution >= 0.6 is 0 Å². The zero-order valence-corrected chi connectivity index (χ0v) is 16.1. The van der Waals surface area contributed by atoms with Crippen LogP contribution in [0.4, 0.5) is 0 Å². The number of carbonyl (C=O) groups is 1. The van der Waals surface area contributed by atoms with E-state index in [4.69, 9.17) is 4.42 Å². The fourth-order valence-electron chi connectivity index (χ4n) is 4.99. The zero-order valence-electron chi connectivity index (χ0n) is 16.1. The Morgan fingerprint density at radius 3 is 2.79 bits per heavy atom. The third kappa shape index (κ3) is 3.00. The Morgan fingerprint density at radius 2 is 2.04 bits per heavy atom. The van der Waals surface area contributed by atoms with Gasteiger partial charge in [0.2, 0.25) is 0 Å². The first-order chi connectivity index (χ1) is 13.7. The Kier molecular flexibility index (Phi) is 4.40. The number of carbonyl (C=O) groups excluding carboxylic acids is 1. The van der Waals surface area contributed by atoms with Crippen molar-refractivity contribution in [3.63, 3.8) is 0 Å². The van der Waals surface area contributed by atoms with Crippen molar-refractivity contribution in [2.45, 2.75) is 38.3 Å². The van der Waals surface area contributed by atoms with E-state index in [1.165, 1.54) is 5.56 Å².